The summed E-state index contributed by atoms with van der Waals surface area (Å²) in [5.41, 5.74) is 2.83. The van der Waals surface area contributed by atoms with E-state index in [9.17, 15) is 4.79 Å². The van der Waals surface area contributed by atoms with Crippen LogP contribution in [-0.4, -0.2) is 19.4 Å². The van der Waals surface area contributed by atoms with Gasteiger partial charge in [-0.2, -0.15) is 0 Å². The molecule has 0 aliphatic carbocycles. The van der Waals surface area contributed by atoms with Crippen molar-refractivity contribution in [1.82, 2.24) is 5.32 Å². The van der Waals surface area contributed by atoms with E-state index in [0.29, 0.717) is 18.3 Å². The molecular formula is C15H21NO. The van der Waals surface area contributed by atoms with Crippen molar-refractivity contribution in [2.75, 3.05) is 13.1 Å². The molecule has 2 nitrogen and oxygen atoms in total. The lowest BCUT2D eigenvalue weighted by molar-refractivity contribution is -0.108. The summed E-state index contributed by atoms with van der Waals surface area (Å²) in [6.45, 7) is 4.37. The van der Waals surface area contributed by atoms with Crippen LogP contribution in [0.3, 0.4) is 0 Å². The van der Waals surface area contributed by atoms with Gasteiger partial charge in [0.1, 0.15) is 6.29 Å². The van der Waals surface area contributed by atoms with Crippen LogP contribution in [0, 0.1) is 0 Å². The molecule has 1 heterocycles. The van der Waals surface area contributed by atoms with Crippen LogP contribution >= 0.6 is 0 Å². The molecule has 1 atom stereocenters. The van der Waals surface area contributed by atoms with E-state index in [2.05, 4.69) is 36.5 Å². The van der Waals surface area contributed by atoms with Crippen LogP contribution in [0.5, 0.6) is 0 Å². The normalized spacial score (nSPS) is 18.9. The number of carbonyl (C=O) groups excluding carboxylic acids is 1. The predicted molar refractivity (Wildman–Crippen MR) is 70.4 cm³/mol. The molecule has 2 heteroatoms. The van der Waals surface area contributed by atoms with Crippen molar-refractivity contribution >= 4 is 6.29 Å². The Balaban J connectivity index is 2.22. The van der Waals surface area contributed by atoms with Crippen molar-refractivity contribution < 1.29 is 4.79 Å². The first-order valence-electron chi connectivity index (χ1n) is 6.56. The van der Waals surface area contributed by atoms with E-state index in [1.807, 2.05) is 0 Å². The van der Waals surface area contributed by atoms with Crippen molar-refractivity contribution in [3.63, 3.8) is 0 Å². The molecule has 0 aromatic heterocycles. The Bertz CT molecular complexity index is 369. The van der Waals surface area contributed by atoms with E-state index < -0.39 is 0 Å². The van der Waals surface area contributed by atoms with Gasteiger partial charge in [0.15, 0.2) is 0 Å². The highest BCUT2D eigenvalue weighted by atomic mass is 16.1. The molecule has 0 spiro atoms. The lowest BCUT2D eigenvalue weighted by Gasteiger charge is -2.26. The number of hydrogen-bond acceptors (Lipinski definition) is 2. The van der Waals surface area contributed by atoms with Gasteiger partial charge in [-0.3, -0.25) is 0 Å². The first kappa shape index (κ1) is 12.3. The third kappa shape index (κ3) is 2.95. The monoisotopic (exact) mass is 231 g/mol. The zero-order valence-corrected chi connectivity index (χ0v) is 10.5. The van der Waals surface area contributed by atoms with Crippen LogP contribution in [0.15, 0.2) is 24.3 Å². The first-order chi connectivity index (χ1) is 8.33. The van der Waals surface area contributed by atoms with Gasteiger partial charge in [0.2, 0.25) is 0 Å². The SMILES string of the molecule is CC(CC=O)c1ccccc1C1CCNCC1. The molecule has 1 saturated heterocycles. The van der Waals surface area contributed by atoms with E-state index in [1.165, 1.54) is 24.0 Å². The van der Waals surface area contributed by atoms with E-state index >= 15 is 0 Å². The zero-order valence-electron chi connectivity index (χ0n) is 10.5. The molecule has 0 radical (unpaired) electrons. The summed E-state index contributed by atoms with van der Waals surface area (Å²) in [6.07, 6.45) is 4.08. The van der Waals surface area contributed by atoms with Crippen molar-refractivity contribution in [1.29, 1.82) is 0 Å². The fraction of sp³-hybridized carbons (Fsp3) is 0.533. The Morgan fingerprint density at radius 1 is 1.35 bits per heavy atom. The third-order valence-electron chi connectivity index (χ3n) is 3.76. The number of rotatable bonds is 4. The van der Waals surface area contributed by atoms with Crippen molar-refractivity contribution in [3.05, 3.63) is 35.4 Å². The van der Waals surface area contributed by atoms with Crippen LogP contribution in [0.1, 0.15) is 49.1 Å². The lowest BCUT2D eigenvalue weighted by atomic mass is 9.83. The van der Waals surface area contributed by atoms with E-state index in [4.69, 9.17) is 0 Å². The fourth-order valence-electron chi connectivity index (χ4n) is 2.74. The second-order valence-corrected chi connectivity index (χ2v) is 4.96. The number of carbonyl (C=O) groups is 1. The zero-order chi connectivity index (χ0) is 12.1. The van der Waals surface area contributed by atoms with Crippen LogP contribution in [-0.2, 0) is 4.79 Å². The largest absolute Gasteiger partial charge is 0.317 e. The highest BCUT2D eigenvalue weighted by Crippen LogP contribution is 2.32. The Kier molecular flexibility index (Phi) is 4.32. The maximum absolute atomic E-state index is 10.7. The lowest BCUT2D eigenvalue weighted by Crippen LogP contribution is -2.27. The summed E-state index contributed by atoms with van der Waals surface area (Å²) < 4.78 is 0. The molecule has 92 valence electrons. The highest BCUT2D eigenvalue weighted by Gasteiger charge is 2.19. The molecule has 1 aliphatic heterocycles. The smallest absolute Gasteiger partial charge is 0.120 e. The minimum atomic E-state index is 0.346. The third-order valence-corrected chi connectivity index (χ3v) is 3.76. The van der Waals surface area contributed by atoms with Gasteiger partial charge in [-0.05, 0) is 48.9 Å². The molecule has 1 aromatic rings. The minimum absolute atomic E-state index is 0.346. The molecule has 1 aliphatic rings. The summed E-state index contributed by atoms with van der Waals surface area (Å²) in [5, 5.41) is 3.40. The molecule has 1 fully saturated rings. The van der Waals surface area contributed by atoms with Gasteiger partial charge in [0.05, 0.1) is 0 Å². The highest BCUT2D eigenvalue weighted by molar-refractivity contribution is 5.52. The quantitative estimate of drug-likeness (QED) is 0.807. The molecule has 1 N–H and O–H groups in total. The average Bonchev–Trinajstić information content (AvgIpc) is 2.40. The number of nitrogens with one attached hydrogen (secondary N) is 1. The second-order valence-electron chi connectivity index (χ2n) is 4.96. The number of hydrogen-bond donors (Lipinski definition) is 1. The van der Waals surface area contributed by atoms with Gasteiger partial charge in [-0.15, -0.1) is 0 Å². The predicted octanol–water partition coefficient (Wildman–Crippen LogP) is 2.85. The fourth-order valence-corrected chi connectivity index (χ4v) is 2.74. The van der Waals surface area contributed by atoms with Crippen molar-refractivity contribution in [2.24, 2.45) is 0 Å². The van der Waals surface area contributed by atoms with Crippen LogP contribution in [0.4, 0.5) is 0 Å². The van der Waals surface area contributed by atoms with Gasteiger partial charge in [0, 0.05) is 6.42 Å². The molecule has 0 amide bonds. The van der Waals surface area contributed by atoms with Gasteiger partial charge < -0.3 is 10.1 Å². The Morgan fingerprint density at radius 2 is 2.06 bits per heavy atom. The number of aldehydes is 1. The molecule has 0 saturated carbocycles. The topological polar surface area (TPSA) is 29.1 Å². The summed E-state index contributed by atoms with van der Waals surface area (Å²) in [4.78, 5) is 10.7. The first-order valence-corrected chi connectivity index (χ1v) is 6.56. The standard InChI is InChI=1S/C15H21NO/c1-12(8-11-17)14-4-2-3-5-15(14)13-6-9-16-10-7-13/h2-5,11-13,16H,6-10H2,1H3. The Labute approximate surface area is 103 Å². The minimum Gasteiger partial charge on any atom is -0.317 e. The van der Waals surface area contributed by atoms with Crippen molar-refractivity contribution in [3.8, 4) is 0 Å². The van der Waals surface area contributed by atoms with Gasteiger partial charge in [0.25, 0.3) is 0 Å². The molecule has 1 unspecified atom stereocenters. The molecule has 2 rings (SSSR count). The van der Waals surface area contributed by atoms with E-state index in [0.717, 1.165) is 19.4 Å². The van der Waals surface area contributed by atoms with E-state index in [-0.39, 0.29) is 0 Å². The van der Waals surface area contributed by atoms with Crippen LogP contribution < -0.4 is 5.32 Å². The number of piperidine rings is 1. The summed E-state index contributed by atoms with van der Waals surface area (Å²) in [6, 6.07) is 8.63. The van der Waals surface area contributed by atoms with Gasteiger partial charge >= 0.3 is 0 Å². The Morgan fingerprint density at radius 3 is 2.76 bits per heavy atom. The molecule has 1 aromatic carbocycles. The maximum Gasteiger partial charge on any atom is 0.120 e. The average molecular weight is 231 g/mol. The van der Waals surface area contributed by atoms with Crippen molar-refractivity contribution in [2.45, 2.75) is 38.0 Å². The summed E-state index contributed by atoms with van der Waals surface area (Å²) in [7, 11) is 0. The number of benzene rings is 1. The molecular weight excluding hydrogens is 210 g/mol. The molecule has 0 bridgehead atoms. The van der Waals surface area contributed by atoms with Crippen LogP contribution in [0.2, 0.25) is 0 Å². The Hall–Kier alpha value is -1.15. The van der Waals surface area contributed by atoms with Crippen LogP contribution in [0.25, 0.3) is 0 Å². The second kappa shape index (κ2) is 5.97. The van der Waals surface area contributed by atoms with Gasteiger partial charge in [-0.1, -0.05) is 31.2 Å². The maximum atomic E-state index is 10.7. The molecule has 17 heavy (non-hydrogen) atoms. The van der Waals surface area contributed by atoms with E-state index in [1.54, 1.807) is 0 Å². The summed E-state index contributed by atoms with van der Waals surface area (Å²) in [5.74, 6) is 1.01. The van der Waals surface area contributed by atoms with Gasteiger partial charge in [-0.25, -0.2) is 0 Å². The summed E-state index contributed by atoms with van der Waals surface area (Å²) >= 11 is 0.